The van der Waals surface area contributed by atoms with Gasteiger partial charge in [-0.3, -0.25) is 0 Å². The molecule has 2 aromatic rings. The molecule has 116 valence electrons. The van der Waals surface area contributed by atoms with Gasteiger partial charge >= 0.3 is 6.18 Å². The van der Waals surface area contributed by atoms with Crippen LogP contribution in [0.3, 0.4) is 0 Å². The number of aromatic nitrogens is 2. The van der Waals surface area contributed by atoms with E-state index >= 15 is 0 Å². The van der Waals surface area contributed by atoms with Crippen LogP contribution in [0.15, 0.2) is 35.9 Å². The summed E-state index contributed by atoms with van der Waals surface area (Å²) in [6.07, 6.45) is 0.385. The number of fused-ring (bicyclic) bond motifs is 1. The van der Waals surface area contributed by atoms with Crippen molar-refractivity contribution >= 4 is 5.71 Å². The predicted molar refractivity (Wildman–Crippen MR) is 75.1 cm³/mol. The van der Waals surface area contributed by atoms with Gasteiger partial charge in [-0.2, -0.15) is 13.2 Å². The van der Waals surface area contributed by atoms with E-state index in [4.69, 9.17) is 4.84 Å². The van der Waals surface area contributed by atoms with Crippen molar-refractivity contribution < 1.29 is 18.0 Å². The maximum Gasteiger partial charge on any atom is 0.434 e. The van der Waals surface area contributed by atoms with Crippen LogP contribution in [0.4, 0.5) is 13.2 Å². The van der Waals surface area contributed by atoms with Gasteiger partial charge in [-0.15, -0.1) is 0 Å². The molecule has 22 heavy (non-hydrogen) atoms. The molecule has 1 aromatic carbocycles. The standard InChI is InChI=1S/C15H14F3N3O/c1-22-20-13-4-2-3-10-7-11(5-6-12(10)13)21-8-14(19-9-21)15(16,17)18/h5-9H,2-4H2,1H3. The second-order valence-electron chi connectivity index (χ2n) is 5.08. The number of alkyl halides is 3. The molecule has 1 heterocycles. The Kier molecular flexibility index (Phi) is 3.64. The number of nitrogens with zero attached hydrogens (tertiary/aromatic N) is 3. The highest BCUT2D eigenvalue weighted by atomic mass is 19.4. The van der Waals surface area contributed by atoms with Crippen molar-refractivity contribution in [1.29, 1.82) is 0 Å². The molecule has 0 radical (unpaired) electrons. The summed E-state index contributed by atoms with van der Waals surface area (Å²) in [6.45, 7) is 0. The monoisotopic (exact) mass is 309 g/mol. The Balaban J connectivity index is 1.97. The number of imidazole rings is 1. The zero-order chi connectivity index (χ0) is 15.7. The van der Waals surface area contributed by atoms with Crippen LogP contribution in [-0.4, -0.2) is 22.4 Å². The van der Waals surface area contributed by atoms with Gasteiger partial charge in [0.15, 0.2) is 5.69 Å². The molecule has 0 unspecified atom stereocenters. The fraction of sp³-hybridized carbons (Fsp3) is 0.333. The van der Waals surface area contributed by atoms with E-state index in [-0.39, 0.29) is 0 Å². The third-order valence-corrected chi connectivity index (χ3v) is 3.63. The Labute approximate surface area is 125 Å². The summed E-state index contributed by atoms with van der Waals surface area (Å²) in [7, 11) is 1.50. The van der Waals surface area contributed by atoms with Crippen LogP contribution < -0.4 is 0 Å². The molecule has 1 aliphatic rings. The first-order valence-electron chi connectivity index (χ1n) is 6.84. The number of hydrogen-bond donors (Lipinski definition) is 0. The summed E-state index contributed by atoms with van der Waals surface area (Å²) in [6, 6.07) is 5.51. The van der Waals surface area contributed by atoms with Gasteiger partial charge in [0.2, 0.25) is 0 Å². The highest BCUT2D eigenvalue weighted by Gasteiger charge is 2.33. The number of benzene rings is 1. The summed E-state index contributed by atoms with van der Waals surface area (Å²) in [5, 5.41) is 4.01. The molecule has 1 aliphatic carbocycles. The Morgan fingerprint density at radius 3 is 2.77 bits per heavy atom. The van der Waals surface area contributed by atoms with Gasteiger partial charge in [0.1, 0.15) is 7.11 Å². The van der Waals surface area contributed by atoms with E-state index in [0.29, 0.717) is 5.69 Å². The fourth-order valence-corrected chi connectivity index (χ4v) is 2.63. The fourth-order valence-electron chi connectivity index (χ4n) is 2.63. The second-order valence-corrected chi connectivity index (χ2v) is 5.08. The van der Waals surface area contributed by atoms with Gasteiger partial charge in [0.25, 0.3) is 0 Å². The molecule has 7 heteroatoms. The van der Waals surface area contributed by atoms with Crippen LogP contribution in [0.2, 0.25) is 0 Å². The van der Waals surface area contributed by atoms with E-state index in [0.717, 1.165) is 42.3 Å². The maximum absolute atomic E-state index is 12.6. The van der Waals surface area contributed by atoms with Crippen molar-refractivity contribution in [3.8, 4) is 5.69 Å². The molecule has 4 nitrogen and oxygen atoms in total. The van der Waals surface area contributed by atoms with Gasteiger partial charge in [-0.25, -0.2) is 4.98 Å². The lowest BCUT2D eigenvalue weighted by Gasteiger charge is -2.18. The molecule has 0 spiro atoms. The van der Waals surface area contributed by atoms with E-state index in [9.17, 15) is 13.2 Å². The number of hydrogen-bond acceptors (Lipinski definition) is 3. The van der Waals surface area contributed by atoms with Gasteiger partial charge in [-0.05, 0) is 37.0 Å². The maximum atomic E-state index is 12.6. The minimum absolute atomic E-state index is 0.653. The minimum atomic E-state index is -4.43. The minimum Gasteiger partial charge on any atom is -0.399 e. The number of aryl methyl sites for hydroxylation is 1. The van der Waals surface area contributed by atoms with Gasteiger partial charge in [0.05, 0.1) is 12.0 Å². The third kappa shape index (κ3) is 2.70. The SMILES string of the molecule is CON=C1CCCc2cc(-n3cnc(C(F)(F)F)c3)ccc21. The largest absolute Gasteiger partial charge is 0.434 e. The predicted octanol–water partition coefficient (Wildman–Crippen LogP) is 3.58. The molecule has 0 fully saturated rings. The molecule has 0 saturated heterocycles. The van der Waals surface area contributed by atoms with Crippen molar-refractivity contribution in [2.75, 3.05) is 7.11 Å². The molecular formula is C15H14F3N3O. The molecule has 0 bridgehead atoms. The molecule has 0 atom stereocenters. The Morgan fingerprint density at radius 2 is 2.09 bits per heavy atom. The Morgan fingerprint density at radius 1 is 1.27 bits per heavy atom. The molecule has 0 saturated carbocycles. The lowest BCUT2D eigenvalue weighted by atomic mass is 9.90. The Bertz CT molecular complexity index is 719. The first-order valence-corrected chi connectivity index (χ1v) is 6.84. The van der Waals surface area contributed by atoms with E-state index in [1.165, 1.54) is 18.0 Å². The van der Waals surface area contributed by atoms with E-state index in [1.54, 1.807) is 6.07 Å². The average Bonchev–Trinajstić information content (AvgIpc) is 2.97. The first kappa shape index (κ1) is 14.6. The average molecular weight is 309 g/mol. The first-order chi connectivity index (χ1) is 10.5. The zero-order valence-electron chi connectivity index (χ0n) is 11.9. The van der Waals surface area contributed by atoms with Gasteiger partial charge < -0.3 is 9.40 Å². The smallest absolute Gasteiger partial charge is 0.399 e. The number of halogens is 3. The summed E-state index contributed by atoms with van der Waals surface area (Å²) in [5.41, 5.74) is 2.68. The van der Waals surface area contributed by atoms with Crippen molar-refractivity contribution in [3.05, 3.63) is 47.5 Å². The highest BCUT2D eigenvalue weighted by Crippen LogP contribution is 2.29. The van der Waals surface area contributed by atoms with Gasteiger partial charge in [-0.1, -0.05) is 11.2 Å². The lowest BCUT2D eigenvalue weighted by molar-refractivity contribution is -0.140. The number of rotatable bonds is 2. The molecule has 3 rings (SSSR count). The van der Waals surface area contributed by atoms with Crippen LogP contribution in [-0.2, 0) is 17.4 Å². The van der Waals surface area contributed by atoms with E-state index < -0.39 is 11.9 Å². The van der Waals surface area contributed by atoms with Crippen molar-refractivity contribution in [2.24, 2.45) is 5.16 Å². The molecule has 1 aromatic heterocycles. The van der Waals surface area contributed by atoms with E-state index in [2.05, 4.69) is 10.1 Å². The quantitative estimate of drug-likeness (QED) is 0.796. The molecule has 0 N–H and O–H groups in total. The summed E-state index contributed by atoms with van der Waals surface area (Å²) >= 11 is 0. The second kappa shape index (κ2) is 5.47. The molecule has 0 aliphatic heterocycles. The normalized spacial score (nSPS) is 16.6. The van der Waals surface area contributed by atoms with Crippen LogP contribution in [0.1, 0.15) is 29.7 Å². The zero-order valence-corrected chi connectivity index (χ0v) is 11.9. The van der Waals surface area contributed by atoms with Crippen LogP contribution >= 0.6 is 0 Å². The highest BCUT2D eigenvalue weighted by molar-refractivity contribution is 6.02. The summed E-state index contributed by atoms with van der Waals surface area (Å²) in [4.78, 5) is 8.26. The summed E-state index contributed by atoms with van der Waals surface area (Å²) in [5.74, 6) is 0. The molecule has 0 amide bonds. The third-order valence-electron chi connectivity index (χ3n) is 3.63. The van der Waals surface area contributed by atoms with Crippen molar-refractivity contribution in [1.82, 2.24) is 9.55 Å². The van der Waals surface area contributed by atoms with Crippen LogP contribution in [0.5, 0.6) is 0 Å². The lowest BCUT2D eigenvalue weighted by Crippen LogP contribution is -2.13. The number of oxime groups is 1. The summed E-state index contributed by atoms with van der Waals surface area (Å²) < 4.78 is 39.2. The topological polar surface area (TPSA) is 39.4 Å². The van der Waals surface area contributed by atoms with E-state index in [1.807, 2.05) is 12.1 Å². The van der Waals surface area contributed by atoms with Gasteiger partial charge in [0, 0.05) is 17.4 Å². The van der Waals surface area contributed by atoms with Crippen LogP contribution in [0.25, 0.3) is 5.69 Å². The molecular weight excluding hydrogens is 295 g/mol. The van der Waals surface area contributed by atoms with Crippen molar-refractivity contribution in [2.45, 2.75) is 25.4 Å². The van der Waals surface area contributed by atoms with Crippen LogP contribution in [0, 0.1) is 0 Å². The van der Waals surface area contributed by atoms with Crippen molar-refractivity contribution in [3.63, 3.8) is 0 Å². The Hall–Kier alpha value is -2.31.